The molecule has 0 spiro atoms. The number of aromatic nitrogens is 2. The van der Waals surface area contributed by atoms with E-state index in [1.165, 1.54) is 6.92 Å². The molecular formula is C18H28FN3O6. The van der Waals surface area contributed by atoms with E-state index in [9.17, 15) is 24.2 Å². The van der Waals surface area contributed by atoms with Crippen molar-refractivity contribution < 1.29 is 28.9 Å². The van der Waals surface area contributed by atoms with Crippen LogP contribution in [0.3, 0.4) is 0 Å². The number of aliphatic hydroxyl groups is 2. The van der Waals surface area contributed by atoms with Gasteiger partial charge >= 0.3 is 11.8 Å². The van der Waals surface area contributed by atoms with Crippen molar-refractivity contribution in [1.29, 1.82) is 0 Å². The molecule has 1 amide bonds. The molecule has 28 heavy (non-hydrogen) atoms. The van der Waals surface area contributed by atoms with Gasteiger partial charge in [0, 0.05) is 0 Å². The maximum atomic E-state index is 14.3. The Bertz CT molecular complexity index is 728. The molecule has 158 valence electrons. The Labute approximate surface area is 162 Å². The van der Waals surface area contributed by atoms with E-state index in [0.717, 1.165) is 36.4 Å². The molecule has 0 saturated carbocycles. The van der Waals surface area contributed by atoms with E-state index in [4.69, 9.17) is 9.47 Å². The summed E-state index contributed by atoms with van der Waals surface area (Å²) in [5, 5.41) is 21.8. The topological polar surface area (TPSA) is 123 Å². The number of carbonyl (C=O) groups is 1. The summed E-state index contributed by atoms with van der Waals surface area (Å²) in [7, 11) is 0. The van der Waals surface area contributed by atoms with Gasteiger partial charge in [0.25, 0.3) is 0 Å². The van der Waals surface area contributed by atoms with Gasteiger partial charge in [0.1, 0.15) is 12.2 Å². The van der Waals surface area contributed by atoms with E-state index in [-0.39, 0.29) is 12.5 Å². The van der Waals surface area contributed by atoms with Gasteiger partial charge < -0.3 is 19.7 Å². The van der Waals surface area contributed by atoms with Crippen molar-refractivity contribution in [3.8, 4) is 0 Å². The predicted molar refractivity (Wildman–Crippen MR) is 98.3 cm³/mol. The van der Waals surface area contributed by atoms with Crippen molar-refractivity contribution in [3.63, 3.8) is 0 Å². The molecule has 0 aliphatic carbocycles. The van der Waals surface area contributed by atoms with Crippen LogP contribution in [0.2, 0.25) is 0 Å². The van der Waals surface area contributed by atoms with Gasteiger partial charge in [-0.1, -0.05) is 33.1 Å². The maximum absolute atomic E-state index is 14.3. The quantitative estimate of drug-likeness (QED) is 0.607. The lowest BCUT2D eigenvalue weighted by molar-refractivity contribution is -0.0355. The van der Waals surface area contributed by atoms with E-state index < -0.39 is 48.0 Å². The molecule has 0 radical (unpaired) electrons. The summed E-state index contributed by atoms with van der Waals surface area (Å²) in [5.74, 6) is -1.36. The van der Waals surface area contributed by atoms with Crippen LogP contribution in [0.15, 0.2) is 11.0 Å². The number of nitrogens with zero attached hydrogens (tertiary/aromatic N) is 2. The van der Waals surface area contributed by atoms with Gasteiger partial charge in [-0.15, -0.1) is 0 Å². The molecule has 3 N–H and O–H groups in total. The largest absolute Gasteiger partial charge is 0.449 e. The molecule has 5 atom stereocenters. The summed E-state index contributed by atoms with van der Waals surface area (Å²) in [5.41, 5.74) is -0.948. The zero-order chi connectivity index (χ0) is 20.8. The highest BCUT2D eigenvalue weighted by atomic mass is 19.1. The van der Waals surface area contributed by atoms with E-state index in [1.54, 1.807) is 0 Å². The van der Waals surface area contributed by atoms with Crippen LogP contribution in [0.4, 0.5) is 15.0 Å². The Morgan fingerprint density at radius 2 is 2.14 bits per heavy atom. The second-order valence-corrected chi connectivity index (χ2v) is 6.98. The van der Waals surface area contributed by atoms with Crippen molar-refractivity contribution in [2.75, 3.05) is 11.9 Å². The molecule has 1 aromatic heterocycles. The first kappa shape index (κ1) is 22.3. The third kappa shape index (κ3) is 5.27. The normalized spacial score (nSPS) is 25.5. The number of nitrogens with one attached hydrogen (secondary N) is 1. The molecule has 0 bridgehead atoms. The molecule has 2 rings (SSSR count). The zero-order valence-corrected chi connectivity index (χ0v) is 16.3. The minimum absolute atomic E-state index is 0.193. The fourth-order valence-electron chi connectivity index (χ4n) is 3.00. The second-order valence-electron chi connectivity index (χ2n) is 6.98. The van der Waals surface area contributed by atoms with Crippen molar-refractivity contribution in [2.45, 2.75) is 71.0 Å². The maximum Gasteiger partial charge on any atom is 0.412 e. The monoisotopic (exact) mass is 401 g/mol. The van der Waals surface area contributed by atoms with Crippen LogP contribution in [0.5, 0.6) is 0 Å². The number of halogens is 1. The molecule has 1 aromatic rings. The predicted octanol–water partition coefficient (Wildman–Crippen LogP) is 1.79. The highest BCUT2D eigenvalue weighted by Crippen LogP contribution is 2.28. The molecule has 10 heteroatoms. The Balaban J connectivity index is 2.02. The summed E-state index contributed by atoms with van der Waals surface area (Å²) in [4.78, 5) is 27.6. The molecule has 3 unspecified atom stereocenters. The Hall–Kier alpha value is -2.04. The third-order valence-corrected chi connectivity index (χ3v) is 4.87. The first-order valence-electron chi connectivity index (χ1n) is 9.52. The summed E-state index contributed by atoms with van der Waals surface area (Å²) in [6.45, 7) is 5.78. The van der Waals surface area contributed by atoms with Gasteiger partial charge in [0.15, 0.2) is 17.9 Å². The summed E-state index contributed by atoms with van der Waals surface area (Å²) in [6.07, 6.45) is -0.922. The fourth-order valence-corrected chi connectivity index (χ4v) is 3.00. The molecule has 1 aliphatic heterocycles. The van der Waals surface area contributed by atoms with Crippen LogP contribution in [0.25, 0.3) is 0 Å². The van der Waals surface area contributed by atoms with Crippen molar-refractivity contribution in [2.24, 2.45) is 5.92 Å². The van der Waals surface area contributed by atoms with Crippen LogP contribution in [-0.2, 0) is 9.47 Å². The SMILES string of the molecule is CCCCC(CC)COC(=O)Nc1nc(=O)n([C@@H]2O[C@H](C)C(O)C2O)cc1F. The van der Waals surface area contributed by atoms with E-state index in [2.05, 4.69) is 17.2 Å². The van der Waals surface area contributed by atoms with Gasteiger partial charge in [-0.2, -0.15) is 4.98 Å². The summed E-state index contributed by atoms with van der Waals surface area (Å²) < 4.78 is 25.4. The first-order valence-corrected chi connectivity index (χ1v) is 9.52. The first-order chi connectivity index (χ1) is 13.3. The van der Waals surface area contributed by atoms with E-state index in [1.807, 2.05) is 6.92 Å². The summed E-state index contributed by atoms with van der Waals surface area (Å²) >= 11 is 0. The number of ether oxygens (including phenoxy) is 2. The molecule has 1 aliphatic rings. The average Bonchev–Trinajstić information content (AvgIpc) is 2.92. The molecular weight excluding hydrogens is 373 g/mol. The molecule has 1 fully saturated rings. The number of anilines is 1. The third-order valence-electron chi connectivity index (χ3n) is 4.87. The van der Waals surface area contributed by atoms with Gasteiger partial charge in [0.2, 0.25) is 0 Å². The van der Waals surface area contributed by atoms with Gasteiger partial charge in [-0.25, -0.2) is 14.0 Å². The van der Waals surface area contributed by atoms with Crippen molar-refractivity contribution in [3.05, 3.63) is 22.5 Å². The highest BCUT2D eigenvalue weighted by molar-refractivity contribution is 5.83. The molecule has 1 saturated heterocycles. The standard InChI is InChI=1S/C18H28FN3O6/c1-4-6-7-11(5-2)9-27-18(26)21-15-12(19)8-22(17(25)20-15)16-14(24)13(23)10(3)28-16/h8,10-11,13-14,16,23-24H,4-7,9H2,1-3H3,(H,20,21,25,26)/t10-,11?,13?,14?,16-/m1/s1. The zero-order valence-electron chi connectivity index (χ0n) is 16.3. The lowest BCUT2D eigenvalue weighted by Gasteiger charge is -2.18. The number of aliphatic hydroxyl groups excluding tert-OH is 2. The van der Waals surface area contributed by atoms with E-state index in [0.29, 0.717) is 0 Å². The number of hydrogen-bond acceptors (Lipinski definition) is 7. The minimum atomic E-state index is -1.41. The number of rotatable bonds is 8. The number of carbonyl (C=O) groups excluding carboxylic acids is 1. The van der Waals surface area contributed by atoms with Crippen LogP contribution in [0, 0.1) is 11.7 Å². The Kier molecular flexibility index (Phi) is 7.90. The lowest BCUT2D eigenvalue weighted by atomic mass is 10.0. The highest BCUT2D eigenvalue weighted by Gasteiger charge is 2.42. The van der Waals surface area contributed by atoms with Crippen molar-refractivity contribution in [1.82, 2.24) is 9.55 Å². The van der Waals surface area contributed by atoms with Crippen molar-refractivity contribution >= 4 is 11.9 Å². The second kappa shape index (κ2) is 9.94. The minimum Gasteiger partial charge on any atom is -0.449 e. The molecule has 9 nitrogen and oxygen atoms in total. The van der Waals surface area contributed by atoms with E-state index >= 15 is 0 Å². The molecule has 0 aromatic carbocycles. The fraction of sp³-hybridized carbons (Fsp3) is 0.722. The Morgan fingerprint density at radius 3 is 2.71 bits per heavy atom. The lowest BCUT2D eigenvalue weighted by Crippen LogP contribution is -2.36. The summed E-state index contributed by atoms with van der Waals surface area (Å²) in [6, 6.07) is 0. The van der Waals surface area contributed by atoms with Gasteiger partial charge in [0.05, 0.1) is 18.9 Å². The van der Waals surface area contributed by atoms with Crippen LogP contribution < -0.4 is 11.0 Å². The van der Waals surface area contributed by atoms with Crippen LogP contribution in [0.1, 0.15) is 52.7 Å². The Morgan fingerprint density at radius 1 is 1.43 bits per heavy atom. The average molecular weight is 401 g/mol. The smallest absolute Gasteiger partial charge is 0.412 e. The van der Waals surface area contributed by atoms with Gasteiger partial charge in [-0.3, -0.25) is 9.88 Å². The van der Waals surface area contributed by atoms with Crippen LogP contribution in [-0.4, -0.2) is 50.8 Å². The van der Waals surface area contributed by atoms with Crippen LogP contribution >= 0.6 is 0 Å². The molecule has 2 heterocycles. The number of unbranched alkanes of at least 4 members (excludes halogenated alkanes) is 1. The van der Waals surface area contributed by atoms with Gasteiger partial charge in [-0.05, 0) is 19.3 Å². The number of amides is 1. The number of hydrogen-bond donors (Lipinski definition) is 3.